The van der Waals surface area contributed by atoms with Crippen LogP contribution in [-0.2, 0) is 6.42 Å². The maximum atomic E-state index is 13.1. The first kappa shape index (κ1) is 13.8. The quantitative estimate of drug-likeness (QED) is 0.675. The van der Waals surface area contributed by atoms with Crippen molar-refractivity contribution in [1.82, 2.24) is 4.98 Å². The molecule has 0 aliphatic carbocycles. The van der Waals surface area contributed by atoms with Gasteiger partial charge >= 0.3 is 0 Å². The van der Waals surface area contributed by atoms with Crippen LogP contribution in [0.1, 0.15) is 18.4 Å². The summed E-state index contributed by atoms with van der Waals surface area (Å²) >= 11 is 0. The number of benzene rings is 2. The number of unbranched alkanes of at least 4 members (excludes halogenated alkanes) is 1. The van der Waals surface area contributed by atoms with Gasteiger partial charge in [0.15, 0.2) is 0 Å². The Morgan fingerprint density at radius 2 is 1.71 bits per heavy atom. The standard InChI is InChI=1S/C18H19FN2/c19-14-10-8-13(9-11-14)18-16(6-3-4-12-20)15-5-1-2-7-17(15)21-18/h1-2,5,7-11,21H,3-4,6,12,20H2. The van der Waals surface area contributed by atoms with Gasteiger partial charge in [0.05, 0.1) is 0 Å². The van der Waals surface area contributed by atoms with E-state index in [0.717, 1.165) is 36.0 Å². The number of aromatic amines is 1. The lowest BCUT2D eigenvalue weighted by molar-refractivity contribution is 0.628. The Hall–Kier alpha value is -2.13. The van der Waals surface area contributed by atoms with Crippen molar-refractivity contribution >= 4 is 10.9 Å². The van der Waals surface area contributed by atoms with Crippen LogP contribution >= 0.6 is 0 Å². The first-order chi connectivity index (χ1) is 10.3. The second-order valence-corrected chi connectivity index (χ2v) is 5.28. The maximum absolute atomic E-state index is 13.1. The maximum Gasteiger partial charge on any atom is 0.123 e. The summed E-state index contributed by atoms with van der Waals surface area (Å²) in [5, 5.41) is 1.24. The number of hydrogen-bond donors (Lipinski definition) is 2. The zero-order chi connectivity index (χ0) is 14.7. The lowest BCUT2D eigenvalue weighted by atomic mass is 10.0. The third-order valence-corrected chi connectivity index (χ3v) is 3.83. The molecule has 0 aliphatic heterocycles. The largest absolute Gasteiger partial charge is 0.354 e. The van der Waals surface area contributed by atoms with Crippen molar-refractivity contribution in [2.45, 2.75) is 19.3 Å². The zero-order valence-electron chi connectivity index (χ0n) is 11.9. The summed E-state index contributed by atoms with van der Waals surface area (Å²) in [6.45, 7) is 0.717. The third-order valence-electron chi connectivity index (χ3n) is 3.83. The molecule has 3 rings (SSSR count). The first-order valence-corrected chi connectivity index (χ1v) is 7.35. The predicted octanol–water partition coefficient (Wildman–Crippen LogP) is 4.26. The molecule has 3 heteroatoms. The molecule has 0 fully saturated rings. The summed E-state index contributed by atoms with van der Waals surface area (Å²) in [6.07, 6.45) is 3.06. The topological polar surface area (TPSA) is 41.8 Å². The van der Waals surface area contributed by atoms with E-state index in [2.05, 4.69) is 23.2 Å². The van der Waals surface area contributed by atoms with Gasteiger partial charge < -0.3 is 10.7 Å². The molecular weight excluding hydrogens is 263 g/mol. The highest BCUT2D eigenvalue weighted by molar-refractivity contribution is 5.90. The molecular formula is C18H19FN2. The van der Waals surface area contributed by atoms with E-state index in [0.29, 0.717) is 6.54 Å². The minimum atomic E-state index is -0.209. The normalized spacial score (nSPS) is 11.1. The zero-order valence-corrected chi connectivity index (χ0v) is 11.9. The summed E-state index contributed by atoms with van der Waals surface area (Å²) in [6, 6.07) is 15.0. The van der Waals surface area contributed by atoms with E-state index in [1.165, 1.54) is 23.1 Å². The Balaban J connectivity index is 2.07. The molecule has 0 saturated heterocycles. The van der Waals surface area contributed by atoms with Crippen LogP contribution in [0.5, 0.6) is 0 Å². The van der Waals surface area contributed by atoms with Gasteiger partial charge in [0.2, 0.25) is 0 Å². The van der Waals surface area contributed by atoms with Crippen LogP contribution in [0.4, 0.5) is 4.39 Å². The van der Waals surface area contributed by atoms with E-state index in [4.69, 9.17) is 5.73 Å². The highest BCUT2D eigenvalue weighted by Gasteiger charge is 2.12. The Morgan fingerprint density at radius 3 is 2.48 bits per heavy atom. The number of halogens is 1. The molecule has 108 valence electrons. The first-order valence-electron chi connectivity index (χ1n) is 7.35. The van der Waals surface area contributed by atoms with Gasteiger partial charge in [-0.15, -0.1) is 0 Å². The summed E-state index contributed by atoms with van der Waals surface area (Å²) in [4.78, 5) is 3.47. The van der Waals surface area contributed by atoms with E-state index < -0.39 is 0 Å². The number of nitrogens with two attached hydrogens (primary N) is 1. The Labute approximate surface area is 123 Å². The molecule has 0 saturated carbocycles. The van der Waals surface area contributed by atoms with Gasteiger partial charge in [-0.2, -0.15) is 0 Å². The minimum Gasteiger partial charge on any atom is -0.354 e. The number of fused-ring (bicyclic) bond motifs is 1. The second kappa shape index (κ2) is 6.10. The third kappa shape index (κ3) is 2.83. The van der Waals surface area contributed by atoms with E-state index in [1.807, 2.05) is 18.2 Å². The minimum absolute atomic E-state index is 0.209. The van der Waals surface area contributed by atoms with Crippen LogP contribution < -0.4 is 5.73 Å². The summed E-state index contributed by atoms with van der Waals surface area (Å²) in [5.74, 6) is -0.209. The molecule has 0 spiro atoms. The van der Waals surface area contributed by atoms with Crippen molar-refractivity contribution < 1.29 is 4.39 Å². The molecule has 3 aromatic rings. The average Bonchev–Trinajstić information content (AvgIpc) is 2.87. The number of para-hydroxylation sites is 1. The Kier molecular flexibility index (Phi) is 4.02. The van der Waals surface area contributed by atoms with Crippen molar-refractivity contribution in [2.24, 2.45) is 5.73 Å². The molecule has 21 heavy (non-hydrogen) atoms. The number of hydrogen-bond acceptors (Lipinski definition) is 1. The second-order valence-electron chi connectivity index (χ2n) is 5.28. The monoisotopic (exact) mass is 282 g/mol. The van der Waals surface area contributed by atoms with Crippen LogP contribution in [0.15, 0.2) is 48.5 Å². The molecule has 0 radical (unpaired) electrons. The van der Waals surface area contributed by atoms with Gasteiger partial charge in [0.1, 0.15) is 5.82 Å². The van der Waals surface area contributed by atoms with Crippen molar-refractivity contribution in [3.05, 3.63) is 59.9 Å². The number of aromatic nitrogens is 1. The van der Waals surface area contributed by atoms with Gasteiger partial charge in [-0.1, -0.05) is 18.2 Å². The smallest absolute Gasteiger partial charge is 0.123 e. The van der Waals surface area contributed by atoms with E-state index >= 15 is 0 Å². The fraction of sp³-hybridized carbons (Fsp3) is 0.222. The van der Waals surface area contributed by atoms with Gasteiger partial charge in [0, 0.05) is 16.6 Å². The predicted molar refractivity (Wildman–Crippen MR) is 85.7 cm³/mol. The van der Waals surface area contributed by atoms with Crippen molar-refractivity contribution in [3.63, 3.8) is 0 Å². The molecule has 0 atom stereocenters. The van der Waals surface area contributed by atoms with E-state index in [9.17, 15) is 4.39 Å². The van der Waals surface area contributed by atoms with Gasteiger partial charge in [-0.05, 0) is 67.3 Å². The Morgan fingerprint density at radius 1 is 0.952 bits per heavy atom. The van der Waals surface area contributed by atoms with Crippen LogP contribution in [-0.4, -0.2) is 11.5 Å². The van der Waals surface area contributed by atoms with Crippen LogP contribution in [0.2, 0.25) is 0 Å². The van der Waals surface area contributed by atoms with Gasteiger partial charge in [-0.25, -0.2) is 4.39 Å². The lowest BCUT2D eigenvalue weighted by Gasteiger charge is -2.05. The summed E-state index contributed by atoms with van der Waals surface area (Å²) < 4.78 is 13.1. The SMILES string of the molecule is NCCCCc1c(-c2ccc(F)cc2)[nH]c2ccccc12. The number of aryl methyl sites for hydroxylation is 1. The van der Waals surface area contributed by atoms with Crippen LogP contribution in [0, 0.1) is 5.82 Å². The molecule has 0 aliphatic rings. The molecule has 0 unspecified atom stereocenters. The van der Waals surface area contributed by atoms with E-state index in [1.54, 1.807) is 0 Å². The van der Waals surface area contributed by atoms with Gasteiger partial charge in [-0.3, -0.25) is 0 Å². The molecule has 0 bridgehead atoms. The van der Waals surface area contributed by atoms with E-state index in [-0.39, 0.29) is 5.82 Å². The highest BCUT2D eigenvalue weighted by atomic mass is 19.1. The molecule has 3 N–H and O–H groups in total. The molecule has 0 amide bonds. The summed E-state index contributed by atoms with van der Waals surface area (Å²) in [5.41, 5.74) is 10.1. The Bertz CT molecular complexity index is 729. The molecule has 1 aromatic heterocycles. The highest BCUT2D eigenvalue weighted by Crippen LogP contribution is 2.31. The van der Waals surface area contributed by atoms with Crippen molar-refractivity contribution in [2.75, 3.05) is 6.54 Å². The molecule has 1 heterocycles. The fourth-order valence-electron chi connectivity index (χ4n) is 2.77. The number of rotatable bonds is 5. The van der Waals surface area contributed by atoms with Gasteiger partial charge in [0.25, 0.3) is 0 Å². The lowest BCUT2D eigenvalue weighted by Crippen LogP contribution is -1.99. The number of nitrogens with one attached hydrogen (secondary N) is 1. The molecule has 2 aromatic carbocycles. The molecule has 2 nitrogen and oxygen atoms in total. The van der Waals surface area contributed by atoms with Crippen molar-refractivity contribution in [1.29, 1.82) is 0 Å². The van der Waals surface area contributed by atoms with Crippen LogP contribution in [0.3, 0.4) is 0 Å². The fourth-order valence-corrected chi connectivity index (χ4v) is 2.77. The van der Waals surface area contributed by atoms with Crippen molar-refractivity contribution in [3.8, 4) is 11.3 Å². The number of H-pyrrole nitrogens is 1. The van der Waals surface area contributed by atoms with Crippen LogP contribution in [0.25, 0.3) is 22.2 Å². The average molecular weight is 282 g/mol. The summed E-state index contributed by atoms with van der Waals surface area (Å²) in [7, 11) is 0.